The number of nitrogens with zero attached hydrogens (tertiary/aromatic N) is 2. The van der Waals surface area contributed by atoms with Crippen molar-refractivity contribution in [1.29, 1.82) is 0 Å². The molecule has 2 aliphatic heterocycles. The van der Waals surface area contributed by atoms with Gasteiger partial charge in [-0.1, -0.05) is 11.6 Å². The molecule has 1 saturated heterocycles. The number of nitrogens with one attached hydrogen (secondary N) is 1. The van der Waals surface area contributed by atoms with E-state index in [9.17, 15) is 4.79 Å². The Morgan fingerprint density at radius 1 is 1.45 bits per heavy atom. The Balaban J connectivity index is 1.93. The third kappa shape index (κ3) is 2.45. The standard InChI is InChI=1S/C14H16ClN3O2/c1-16-14(19)20-12-6-9-8-18-5-3-2-4-13(18)17-11(9)7-10(12)15/h6-7H,2-5,8H2,1H3,(H,16,19). The summed E-state index contributed by atoms with van der Waals surface area (Å²) in [6.07, 6.45) is 2.89. The molecular formula is C14H16ClN3O2. The average molecular weight is 294 g/mol. The van der Waals surface area contributed by atoms with Gasteiger partial charge >= 0.3 is 6.09 Å². The number of fused-ring (bicyclic) bond motifs is 2. The minimum absolute atomic E-state index is 0.375. The highest BCUT2D eigenvalue weighted by Crippen LogP contribution is 2.37. The van der Waals surface area contributed by atoms with Crippen molar-refractivity contribution in [2.24, 2.45) is 4.99 Å². The van der Waals surface area contributed by atoms with Gasteiger partial charge in [-0.05, 0) is 25.0 Å². The van der Waals surface area contributed by atoms with Gasteiger partial charge in [0.05, 0.1) is 10.7 Å². The van der Waals surface area contributed by atoms with Gasteiger partial charge in [-0.2, -0.15) is 0 Å². The maximum absolute atomic E-state index is 11.3. The third-order valence-electron chi connectivity index (χ3n) is 3.59. The Morgan fingerprint density at radius 2 is 2.30 bits per heavy atom. The smallest absolute Gasteiger partial charge is 0.409 e. The average Bonchev–Trinajstić information content (AvgIpc) is 2.46. The zero-order valence-electron chi connectivity index (χ0n) is 11.3. The molecule has 0 saturated carbocycles. The number of hydrogen-bond acceptors (Lipinski definition) is 4. The molecule has 0 aromatic heterocycles. The van der Waals surface area contributed by atoms with Crippen LogP contribution in [0.15, 0.2) is 17.1 Å². The number of halogens is 1. The summed E-state index contributed by atoms with van der Waals surface area (Å²) in [6.45, 7) is 1.84. The summed E-state index contributed by atoms with van der Waals surface area (Å²) in [7, 11) is 1.51. The van der Waals surface area contributed by atoms with Crippen molar-refractivity contribution < 1.29 is 9.53 Å². The minimum atomic E-state index is -0.523. The first kappa shape index (κ1) is 13.2. The van der Waals surface area contributed by atoms with Crippen LogP contribution in [0.25, 0.3) is 0 Å². The summed E-state index contributed by atoms with van der Waals surface area (Å²) in [5.41, 5.74) is 1.92. The quantitative estimate of drug-likeness (QED) is 0.865. The van der Waals surface area contributed by atoms with E-state index in [2.05, 4.69) is 15.2 Å². The van der Waals surface area contributed by atoms with Crippen LogP contribution in [0.1, 0.15) is 24.8 Å². The number of aliphatic imine (C=N–C) groups is 1. The van der Waals surface area contributed by atoms with Crippen LogP contribution < -0.4 is 10.1 Å². The van der Waals surface area contributed by atoms with Crippen LogP contribution in [0.5, 0.6) is 5.75 Å². The maximum atomic E-state index is 11.3. The molecule has 0 radical (unpaired) electrons. The van der Waals surface area contributed by atoms with E-state index in [1.165, 1.54) is 19.9 Å². The number of rotatable bonds is 1. The summed E-state index contributed by atoms with van der Waals surface area (Å²) in [6, 6.07) is 3.58. The lowest BCUT2D eigenvalue weighted by Crippen LogP contribution is -2.36. The molecule has 1 fully saturated rings. The van der Waals surface area contributed by atoms with E-state index in [-0.39, 0.29) is 0 Å². The Morgan fingerprint density at radius 3 is 3.10 bits per heavy atom. The van der Waals surface area contributed by atoms with E-state index < -0.39 is 6.09 Å². The first-order valence-corrected chi connectivity index (χ1v) is 7.09. The molecule has 2 aliphatic rings. The molecule has 0 spiro atoms. The van der Waals surface area contributed by atoms with E-state index >= 15 is 0 Å². The van der Waals surface area contributed by atoms with Gasteiger partial charge in [0.25, 0.3) is 0 Å². The molecule has 1 aromatic carbocycles. The maximum Gasteiger partial charge on any atom is 0.412 e. The highest BCUT2D eigenvalue weighted by molar-refractivity contribution is 6.32. The van der Waals surface area contributed by atoms with Gasteiger partial charge < -0.3 is 15.0 Å². The number of carbonyl (C=O) groups excluding carboxylic acids is 1. The Hall–Kier alpha value is -1.75. The molecule has 0 unspecified atom stereocenters. The normalized spacial score (nSPS) is 16.9. The third-order valence-corrected chi connectivity index (χ3v) is 3.89. The van der Waals surface area contributed by atoms with Crippen molar-refractivity contribution in [3.63, 3.8) is 0 Å². The van der Waals surface area contributed by atoms with Crippen LogP contribution >= 0.6 is 11.6 Å². The zero-order chi connectivity index (χ0) is 14.1. The molecular weight excluding hydrogens is 278 g/mol. The summed E-state index contributed by atoms with van der Waals surface area (Å²) in [5, 5.41) is 2.81. The SMILES string of the molecule is CNC(=O)Oc1cc2c(cc1Cl)N=C1CCCCN1C2. The number of carbonyl (C=O) groups is 1. The number of benzene rings is 1. The lowest BCUT2D eigenvalue weighted by molar-refractivity contribution is 0.203. The van der Waals surface area contributed by atoms with E-state index in [0.29, 0.717) is 10.8 Å². The van der Waals surface area contributed by atoms with Crippen LogP contribution in [0.4, 0.5) is 10.5 Å². The molecule has 1 N–H and O–H groups in total. The Kier molecular flexibility index (Phi) is 3.53. The Bertz CT molecular complexity index is 586. The van der Waals surface area contributed by atoms with E-state index in [1.807, 2.05) is 6.07 Å². The van der Waals surface area contributed by atoms with Gasteiger partial charge in [0.2, 0.25) is 0 Å². The number of hydrogen-bond donors (Lipinski definition) is 1. The van der Waals surface area contributed by atoms with Gasteiger partial charge in [0.1, 0.15) is 5.84 Å². The van der Waals surface area contributed by atoms with Crippen molar-refractivity contribution >= 4 is 29.2 Å². The van der Waals surface area contributed by atoms with Gasteiger partial charge in [-0.15, -0.1) is 0 Å². The lowest BCUT2D eigenvalue weighted by Gasteiger charge is -2.34. The van der Waals surface area contributed by atoms with Crippen LogP contribution in [0.2, 0.25) is 5.02 Å². The second kappa shape index (κ2) is 5.32. The predicted octanol–water partition coefficient (Wildman–Crippen LogP) is 3.09. The van der Waals surface area contributed by atoms with E-state index in [1.54, 1.807) is 6.07 Å². The Labute approximate surface area is 122 Å². The summed E-state index contributed by atoms with van der Waals surface area (Å²) in [5.74, 6) is 1.51. The van der Waals surface area contributed by atoms with Crippen molar-refractivity contribution in [2.45, 2.75) is 25.8 Å². The molecule has 106 valence electrons. The molecule has 3 rings (SSSR count). The lowest BCUT2D eigenvalue weighted by atomic mass is 10.0. The van der Waals surface area contributed by atoms with Crippen LogP contribution in [-0.4, -0.2) is 30.4 Å². The topological polar surface area (TPSA) is 53.9 Å². The molecule has 0 atom stereocenters. The van der Waals surface area contributed by atoms with Crippen LogP contribution in [0.3, 0.4) is 0 Å². The number of piperidine rings is 1. The first-order chi connectivity index (χ1) is 9.67. The molecule has 5 nitrogen and oxygen atoms in total. The fraction of sp³-hybridized carbons (Fsp3) is 0.429. The fourth-order valence-electron chi connectivity index (χ4n) is 2.56. The molecule has 0 bridgehead atoms. The summed E-state index contributed by atoms with van der Waals surface area (Å²) >= 11 is 6.15. The highest BCUT2D eigenvalue weighted by Gasteiger charge is 2.24. The van der Waals surface area contributed by atoms with Gasteiger partial charge in [0, 0.05) is 32.1 Å². The second-order valence-electron chi connectivity index (χ2n) is 4.96. The predicted molar refractivity (Wildman–Crippen MR) is 77.9 cm³/mol. The monoisotopic (exact) mass is 293 g/mol. The number of amidine groups is 1. The van der Waals surface area contributed by atoms with Crippen molar-refractivity contribution in [2.75, 3.05) is 13.6 Å². The molecule has 2 heterocycles. The van der Waals surface area contributed by atoms with Gasteiger partial charge in [-0.3, -0.25) is 0 Å². The molecule has 1 amide bonds. The van der Waals surface area contributed by atoms with Crippen LogP contribution in [0, 0.1) is 0 Å². The van der Waals surface area contributed by atoms with Crippen LogP contribution in [-0.2, 0) is 6.54 Å². The van der Waals surface area contributed by atoms with Crippen molar-refractivity contribution in [1.82, 2.24) is 10.2 Å². The molecule has 0 aliphatic carbocycles. The second-order valence-corrected chi connectivity index (χ2v) is 5.36. The summed E-state index contributed by atoms with van der Waals surface area (Å²) < 4.78 is 5.15. The number of ether oxygens (including phenoxy) is 1. The van der Waals surface area contributed by atoms with Crippen molar-refractivity contribution in [3.8, 4) is 5.75 Å². The number of amides is 1. The highest BCUT2D eigenvalue weighted by atomic mass is 35.5. The van der Waals surface area contributed by atoms with Gasteiger partial charge in [0.15, 0.2) is 5.75 Å². The fourth-order valence-corrected chi connectivity index (χ4v) is 2.76. The zero-order valence-corrected chi connectivity index (χ0v) is 12.0. The molecule has 6 heteroatoms. The van der Waals surface area contributed by atoms with Crippen molar-refractivity contribution in [3.05, 3.63) is 22.7 Å². The molecule has 20 heavy (non-hydrogen) atoms. The first-order valence-electron chi connectivity index (χ1n) is 6.72. The van der Waals surface area contributed by atoms with E-state index in [4.69, 9.17) is 16.3 Å². The van der Waals surface area contributed by atoms with Gasteiger partial charge in [-0.25, -0.2) is 9.79 Å². The van der Waals surface area contributed by atoms with E-state index in [0.717, 1.165) is 36.6 Å². The largest absolute Gasteiger partial charge is 0.412 e. The molecule has 1 aromatic rings. The minimum Gasteiger partial charge on any atom is -0.409 e. The summed E-state index contributed by atoms with van der Waals surface area (Å²) in [4.78, 5) is 18.3.